The summed E-state index contributed by atoms with van der Waals surface area (Å²) < 4.78 is 5.82. The molecule has 1 fully saturated rings. The van der Waals surface area contributed by atoms with Crippen LogP contribution in [0.25, 0.3) is 0 Å². The summed E-state index contributed by atoms with van der Waals surface area (Å²) in [5.41, 5.74) is 1.21. The van der Waals surface area contributed by atoms with Crippen molar-refractivity contribution in [2.24, 2.45) is 0 Å². The van der Waals surface area contributed by atoms with Gasteiger partial charge in [-0.25, -0.2) is 0 Å². The van der Waals surface area contributed by atoms with Crippen molar-refractivity contribution in [1.29, 1.82) is 5.26 Å². The molecule has 0 aliphatic carbocycles. The molecule has 0 saturated carbocycles. The first-order valence-corrected chi connectivity index (χ1v) is 8.80. The number of benzene rings is 2. The van der Waals surface area contributed by atoms with E-state index in [0.29, 0.717) is 22.6 Å². The van der Waals surface area contributed by atoms with Crippen molar-refractivity contribution in [2.75, 3.05) is 27.2 Å². The zero-order chi connectivity index (χ0) is 18.5. The molecular formula is C21H23N3O2. The van der Waals surface area contributed by atoms with E-state index in [2.05, 4.69) is 18.0 Å². The van der Waals surface area contributed by atoms with Gasteiger partial charge in [-0.15, -0.1) is 0 Å². The summed E-state index contributed by atoms with van der Waals surface area (Å²) in [5.74, 6) is 1.26. The molecule has 0 radical (unpaired) electrons. The number of carbonyl (C=O) groups excluding carboxylic acids is 1. The fourth-order valence-corrected chi connectivity index (χ4v) is 3.18. The predicted octanol–water partition coefficient (Wildman–Crippen LogP) is 3.52. The minimum absolute atomic E-state index is 0.0184. The summed E-state index contributed by atoms with van der Waals surface area (Å²) >= 11 is 0. The Balaban J connectivity index is 1.69. The molecule has 3 rings (SSSR count). The highest BCUT2D eigenvalue weighted by Crippen LogP contribution is 2.24. The van der Waals surface area contributed by atoms with Crippen LogP contribution in [0, 0.1) is 11.3 Å². The molecule has 1 aliphatic heterocycles. The zero-order valence-corrected chi connectivity index (χ0v) is 15.2. The molecule has 1 amide bonds. The fraction of sp³-hybridized carbons (Fsp3) is 0.333. The molecule has 5 nitrogen and oxygen atoms in total. The molecule has 1 aliphatic rings. The van der Waals surface area contributed by atoms with E-state index in [1.54, 1.807) is 30.3 Å². The first-order valence-electron chi connectivity index (χ1n) is 8.80. The summed E-state index contributed by atoms with van der Waals surface area (Å²) in [6, 6.07) is 16.5. The van der Waals surface area contributed by atoms with Crippen molar-refractivity contribution in [3.8, 4) is 17.6 Å². The Morgan fingerprint density at radius 1 is 1.15 bits per heavy atom. The summed E-state index contributed by atoms with van der Waals surface area (Å²) in [4.78, 5) is 17.0. The Labute approximate surface area is 154 Å². The molecule has 0 unspecified atom stereocenters. The van der Waals surface area contributed by atoms with Crippen molar-refractivity contribution in [1.82, 2.24) is 9.80 Å². The normalized spacial score (nSPS) is 15.3. The lowest BCUT2D eigenvalue weighted by atomic mass is 10.0. The van der Waals surface area contributed by atoms with E-state index in [-0.39, 0.29) is 11.9 Å². The third kappa shape index (κ3) is 4.22. The molecule has 1 heterocycles. The third-order valence-corrected chi connectivity index (χ3v) is 4.86. The topological polar surface area (TPSA) is 56.6 Å². The molecule has 2 aromatic carbocycles. The molecule has 0 bridgehead atoms. The monoisotopic (exact) mass is 349 g/mol. The van der Waals surface area contributed by atoms with Gasteiger partial charge < -0.3 is 14.5 Å². The van der Waals surface area contributed by atoms with E-state index in [1.165, 1.54) is 0 Å². The van der Waals surface area contributed by atoms with Gasteiger partial charge in [-0.1, -0.05) is 6.07 Å². The van der Waals surface area contributed by atoms with Gasteiger partial charge in [0.25, 0.3) is 5.91 Å². The number of nitrogens with zero attached hydrogens (tertiary/aromatic N) is 3. The Hall–Kier alpha value is -2.84. The molecular weight excluding hydrogens is 326 g/mol. The number of piperidine rings is 1. The SMILES string of the molecule is CN1CCC(N(C)C(=O)c2cccc(Oc3ccc(C#N)cc3)c2)CC1. The smallest absolute Gasteiger partial charge is 0.253 e. The van der Waals surface area contributed by atoms with Crippen LogP contribution in [0.2, 0.25) is 0 Å². The fourth-order valence-electron chi connectivity index (χ4n) is 3.18. The average Bonchev–Trinajstić information content (AvgIpc) is 2.68. The number of rotatable bonds is 4. The number of hydrogen-bond donors (Lipinski definition) is 0. The van der Waals surface area contributed by atoms with Crippen LogP contribution in [-0.4, -0.2) is 48.9 Å². The van der Waals surface area contributed by atoms with E-state index in [4.69, 9.17) is 10.00 Å². The second-order valence-corrected chi connectivity index (χ2v) is 6.72. The molecule has 1 saturated heterocycles. The van der Waals surface area contributed by atoms with Gasteiger partial charge in [0, 0.05) is 18.7 Å². The standard InChI is InChI=1S/C21H23N3O2/c1-23-12-10-18(11-13-23)24(2)21(25)17-4-3-5-20(14-17)26-19-8-6-16(15-22)7-9-19/h3-9,14,18H,10-13H2,1-2H3. The minimum Gasteiger partial charge on any atom is -0.457 e. The van der Waals surface area contributed by atoms with Crippen molar-refractivity contribution in [2.45, 2.75) is 18.9 Å². The summed E-state index contributed by atoms with van der Waals surface area (Å²) in [5, 5.41) is 8.85. The first-order chi connectivity index (χ1) is 12.6. The van der Waals surface area contributed by atoms with Crippen LogP contribution in [0.15, 0.2) is 48.5 Å². The number of carbonyl (C=O) groups is 1. The maximum absolute atomic E-state index is 12.8. The Morgan fingerprint density at radius 2 is 1.85 bits per heavy atom. The summed E-state index contributed by atoms with van der Waals surface area (Å²) in [6.45, 7) is 2.04. The second-order valence-electron chi connectivity index (χ2n) is 6.72. The highest BCUT2D eigenvalue weighted by Gasteiger charge is 2.24. The Bertz CT molecular complexity index is 803. The van der Waals surface area contributed by atoms with Gasteiger partial charge in [0.15, 0.2) is 0 Å². The van der Waals surface area contributed by atoms with Crippen molar-refractivity contribution >= 4 is 5.91 Å². The highest BCUT2D eigenvalue weighted by molar-refractivity contribution is 5.94. The van der Waals surface area contributed by atoms with Gasteiger partial charge in [0.2, 0.25) is 0 Å². The van der Waals surface area contributed by atoms with Crippen molar-refractivity contribution in [3.05, 3.63) is 59.7 Å². The van der Waals surface area contributed by atoms with Gasteiger partial charge in [0.05, 0.1) is 11.6 Å². The van der Waals surface area contributed by atoms with Crippen LogP contribution in [0.5, 0.6) is 11.5 Å². The first kappa shape index (κ1) is 18.0. The highest BCUT2D eigenvalue weighted by atomic mass is 16.5. The lowest BCUT2D eigenvalue weighted by Gasteiger charge is -2.35. The number of nitriles is 1. The van der Waals surface area contributed by atoms with Gasteiger partial charge in [-0.3, -0.25) is 4.79 Å². The van der Waals surface area contributed by atoms with Crippen LogP contribution in [0.1, 0.15) is 28.8 Å². The van der Waals surface area contributed by atoms with Crippen LogP contribution < -0.4 is 4.74 Å². The van der Waals surface area contributed by atoms with Gasteiger partial charge in [-0.05, 0) is 75.4 Å². The number of hydrogen-bond acceptors (Lipinski definition) is 4. The van der Waals surface area contributed by atoms with Gasteiger partial charge >= 0.3 is 0 Å². The average molecular weight is 349 g/mol. The van der Waals surface area contributed by atoms with Crippen LogP contribution in [0.3, 0.4) is 0 Å². The zero-order valence-electron chi connectivity index (χ0n) is 15.2. The van der Waals surface area contributed by atoms with E-state index in [0.717, 1.165) is 25.9 Å². The molecule has 0 spiro atoms. The van der Waals surface area contributed by atoms with E-state index >= 15 is 0 Å². The van der Waals surface area contributed by atoms with E-state index in [9.17, 15) is 4.79 Å². The van der Waals surface area contributed by atoms with Crippen molar-refractivity contribution in [3.63, 3.8) is 0 Å². The van der Waals surface area contributed by atoms with E-state index < -0.39 is 0 Å². The molecule has 26 heavy (non-hydrogen) atoms. The van der Waals surface area contributed by atoms with Gasteiger partial charge in [0.1, 0.15) is 11.5 Å². The molecule has 0 atom stereocenters. The lowest BCUT2D eigenvalue weighted by Crippen LogP contribution is -2.44. The Kier molecular flexibility index (Phi) is 5.55. The van der Waals surface area contributed by atoms with Gasteiger partial charge in [-0.2, -0.15) is 5.26 Å². The van der Waals surface area contributed by atoms with Crippen LogP contribution in [-0.2, 0) is 0 Å². The van der Waals surface area contributed by atoms with E-state index in [1.807, 2.05) is 30.1 Å². The molecule has 2 aromatic rings. The number of likely N-dealkylation sites (tertiary alicyclic amines) is 1. The minimum atomic E-state index is 0.0184. The van der Waals surface area contributed by atoms with Crippen LogP contribution >= 0.6 is 0 Å². The maximum atomic E-state index is 12.8. The molecule has 5 heteroatoms. The summed E-state index contributed by atoms with van der Waals surface area (Å²) in [6.07, 6.45) is 2.00. The summed E-state index contributed by atoms with van der Waals surface area (Å²) in [7, 11) is 3.99. The molecule has 0 aromatic heterocycles. The lowest BCUT2D eigenvalue weighted by molar-refractivity contribution is 0.0659. The van der Waals surface area contributed by atoms with Crippen molar-refractivity contribution < 1.29 is 9.53 Å². The van der Waals surface area contributed by atoms with Crippen LogP contribution in [0.4, 0.5) is 0 Å². The second kappa shape index (κ2) is 8.03. The maximum Gasteiger partial charge on any atom is 0.253 e. The number of amides is 1. The third-order valence-electron chi connectivity index (χ3n) is 4.86. The predicted molar refractivity (Wildman–Crippen MR) is 100 cm³/mol. The molecule has 134 valence electrons. The quantitative estimate of drug-likeness (QED) is 0.847. The Morgan fingerprint density at radius 3 is 2.50 bits per heavy atom. The largest absolute Gasteiger partial charge is 0.457 e. The molecule has 0 N–H and O–H groups in total. The number of ether oxygens (including phenoxy) is 1.